The Kier molecular flexibility index (Phi) is 3.22. The molecule has 0 saturated carbocycles. The predicted molar refractivity (Wildman–Crippen MR) is 79.2 cm³/mol. The smallest absolute Gasteiger partial charge is 0.255 e. The van der Waals surface area contributed by atoms with Crippen molar-refractivity contribution in [1.29, 1.82) is 0 Å². The number of nitrogens with zero attached hydrogens (tertiary/aromatic N) is 1. The van der Waals surface area contributed by atoms with Gasteiger partial charge >= 0.3 is 0 Å². The number of halogens is 2. The maximum Gasteiger partial charge on any atom is 0.255 e. The first-order valence-electron chi connectivity index (χ1n) is 6.15. The molecule has 1 aliphatic heterocycles. The molecule has 3 rings (SSSR count). The van der Waals surface area contributed by atoms with Crippen molar-refractivity contribution in [3.8, 4) is 0 Å². The van der Waals surface area contributed by atoms with Gasteiger partial charge in [-0.3, -0.25) is 4.79 Å². The second kappa shape index (κ2) is 4.90. The summed E-state index contributed by atoms with van der Waals surface area (Å²) in [5, 5.41) is 2.83. The van der Waals surface area contributed by atoms with Gasteiger partial charge in [0.05, 0.1) is 11.3 Å². The Morgan fingerprint density at radius 1 is 1.25 bits per heavy atom. The van der Waals surface area contributed by atoms with Crippen molar-refractivity contribution in [2.24, 2.45) is 0 Å². The lowest BCUT2D eigenvalue weighted by Crippen LogP contribution is -2.44. The van der Waals surface area contributed by atoms with Crippen molar-refractivity contribution in [3.05, 3.63) is 63.9 Å². The monoisotopic (exact) mass is 334 g/mol. The number of rotatable bonds is 1. The number of carbonyl (C=O) groups excluding carboxylic acids is 1. The molecule has 5 heteroatoms. The minimum Gasteiger partial charge on any atom is -0.350 e. The van der Waals surface area contributed by atoms with E-state index < -0.39 is 6.17 Å². The van der Waals surface area contributed by atoms with E-state index in [4.69, 9.17) is 0 Å². The maximum atomic E-state index is 14.1. The summed E-state index contributed by atoms with van der Waals surface area (Å²) in [7, 11) is 1.84. The first kappa shape index (κ1) is 13.1. The third-order valence-corrected chi connectivity index (χ3v) is 3.93. The Hall–Kier alpha value is -1.88. The average Bonchev–Trinajstić information content (AvgIpc) is 2.43. The summed E-state index contributed by atoms with van der Waals surface area (Å²) in [5.41, 5.74) is 1.84. The Bertz CT molecular complexity index is 689. The second-order valence-electron chi connectivity index (χ2n) is 4.67. The minimum absolute atomic E-state index is 0.189. The predicted octanol–water partition coefficient (Wildman–Crippen LogP) is 3.47. The number of hydrogen-bond acceptors (Lipinski definition) is 2. The van der Waals surface area contributed by atoms with E-state index in [2.05, 4.69) is 21.2 Å². The van der Waals surface area contributed by atoms with Crippen molar-refractivity contribution in [3.63, 3.8) is 0 Å². The van der Waals surface area contributed by atoms with Crippen LogP contribution in [0.2, 0.25) is 0 Å². The van der Waals surface area contributed by atoms with Crippen LogP contribution in [0.3, 0.4) is 0 Å². The Morgan fingerprint density at radius 2 is 2.00 bits per heavy atom. The van der Waals surface area contributed by atoms with Crippen LogP contribution in [0, 0.1) is 5.82 Å². The molecule has 2 aromatic rings. The summed E-state index contributed by atoms with van der Waals surface area (Å²) in [6.45, 7) is 0. The molecule has 0 fully saturated rings. The molecule has 1 aliphatic rings. The molecular weight excluding hydrogens is 323 g/mol. The Balaban J connectivity index is 2.07. The van der Waals surface area contributed by atoms with Gasteiger partial charge in [0.25, 0.3) is 5.91 Å². The van der Waals surface area contributed by atoms with Crippen LogP contribution < -0.4 is 10.2 Å². The van der Waals surface area contributed by atoms with Gasteiger partial charge in [0.1, 0.15) is 12.0 Å². The fourth-order valence-corrected chi connectivity index (χ4v) is 2.75. The maximum absolute atomic E-state index is 14.1. The molecule has 102 valence electrons. The molecule has 1 amide bonds. The van der Waals surface area contributed by atoms with Crippen LogP contribution in [0.25, 0.3) is 0 Å². The summed E-state index contributed by atoms with van der Waals surface area (Å²) >= 11 is 3.23. The molecule has 0 aliphatic carbocycles. The van der Waals surface area contributed by atoms with Crippen LogP contribution in [0.1, 0.15) is 22.1 Å². The highest BCUT2D eigenvalue weighted by Crippen LogP contribution is 2.33. The summed E-state index contributed by atoms with van der Waals surface area (Å²) < 4.78 is 14.8. The molecule has 1 N–H and O–H groups in total. The molecule has 2 aromatic carbocycles. The van der Waals surface area contributed by atoms with Gasteiger partial charge in [0.15, 0.2) is 0 Å². The van der Waals surface area contributed by atoms with Gasteiger partial charge in [-0.15, -0.1) is 0 Å². The number of amides is 1. The van der Waals surface area contributed by atoms with Gasteiger partial charge in [-0.2, -0.15) is 0 Å². The topological polar surface area (TPSA) is 32.3 Å². The molecule has 1 atom stereocenters. The van der Waals surface area contributed by atoms with E-state index in [-0.39, 0.29) is 11.7 Å². The molecule has 0 radical (unpaired) electrons. The summed E-state index contributed by atoms with van der Waals surface area (Å²) in [4.78, 5) is 14.0. The lowest BCUT2D eigenvalue weighted by Gasteiger charge is -2.36. The van der Waals surface area contributed by atoms with Crippen LogP contribution in [-0.2, 0) is 0 Å². The van der Waals surface area contributed by atoms with Crippen LogP contribution in [-0.4, -0.2) is 13.0 Å². The van der Waals surface area contributed by atoms with E-state index in [0.717, 1.165) is 5.69 Å². The molecule has 0 aromatic heterocycles. The van der Waals surface area contributed by atoms with Gasteiger partial charge in [-0.05, 0) is 24.3 Å². The number of para-hydroxylation sites is 1. The van der Waals surface area contributed by atoms with Crippen molar-refractivity contribution in [2.45, 2.75) is 6.17 Å². The fraction of sp³-hybridized carbons (Fsp3) is 0.133. The molecule has 0 saturated heterocycles. The Morgan fingerprint density at radius 3 is 2.75 bits per heavy atom. The first-order chi connectivity index (χ1) is 9.58. The molecule has 0 spiro atoms. The van der Waals surface area contributed by atoms with Crippen molar-refractivity contribution >= 4 is 27.5 Å². The first-order valence-corrected chi connectivity index (χ1v) is 6.95. The summed E-state index contributed by atoms with van der Waals surface area (Å²) in [6.07, 6.45) is -0.509. The highest BCUT2D eigenvalue weighted by molar-refractivity contribution is 9.10. The van der Waals surface area contributed by atoms with Crippen LogP contribution >= 0.6 is 15.9 Å². The van der Waals surface area contributed by atoms with Crippen LogP contribution in [0.5, 0.6) is 0 Å². The van der Waals surface area contributed by atoms with Crippen molar-refractivity contribution in [2.75, 3.05) is 11.9 Å². The van der Waals surface area contributed by atoms with Crippen LogP contribution in [0.15, 0.2) is 46.9 Å². The number of fused-ring (bicyclic) bond motifs is 1. The lowest BCUT2D eigenvalue weighted by atomic mass is 10.0. The van der Waals surface area contributed by atoms with Gasteiger partial charge in [0, 0.05) is 17.1 Å². The van der Waals surface area contributed by atoms with E-state index in [9.17, 15) is 9.18 Å². The van der Waals surface area contributed by atoms with Crippen LogP contribution in [0.4, 0.5) is 10.1 Å². The number of carbonyl (C=O) groups is 1. The molecular formula is C15H12BrFN2O. The lowest BCUT2D eigenvalue weighted by molar-refractivity contribution is 0.0927. The zero-order valence-electron chi connectivity index (χ0n) is 10.7. The number of nitrogens with one attached hydrogen (secondary N) is 1. The molecule has 0 bridgehead atoms. The van der Waals surface area contributed by atoms with E-state index in [1.54, 1.807) is 18.2 Å². The zero-order valence-corrected chi connectivity index (χ0v) is 12.3. The number of hydrogen-bond donors (Lipinski definition) is 1. The Labute approximate surface area is 124 Å². The number of anilines is 1. The fourth-order valence-electron chi connectivity index (χ4n) is 2.42. The van der Waals surface area contributed by atoms with Crippen molar-refractivity contribution in [1.82, 2.24) is 5.32 Å². The normalized spacial score (nSPS) is 17.6. The highest BCUT2D eigenvalue weighted by Gasteiger charge is 2.30. The van der Waals surface area contributed by atoms with Gasteiger partial charge in [-0.25, -0.2) is 4.39 Å². The van der Waals surface area contributed by atoms with E-state index >= 15 is 0 Å². The van der Waals surface area contributed by atoms with Gasteiger partial charge in [0.2, 0.25) is 0 Å². The quantitative estimate of drug-likeness (QED) is 0.866. The molecule has 0 unspecified atom stereocenters. The average molecular weight is 335 g/mol. The van der Waals surface area contributed by atoms with E-state index in [0.29, 0.717) is 15.6 Å². The third kappa shape index (κ3) is 2.08. The van der Waals surface area contributed by atoms with E-state index in [1.807, 2.05) is 30.1 Å². The standard InChI is InChI=1S/C15H12BrFN2O/c1-19-13-5-3-2-4-11(13)15(20)18-14(19)10-7-6-9(16)8-12(10)17/h2-8,14H,1H3,(H,18,20)/t14-/m0/s1. The largest absolute Gasteiger partial charge is 0.350 e. The number of benzene rings is 2. The van der Waals surface area contributed by atoms with Crippen molar-refractivity contribution < 1.29 is 9.18 Å². The molecule has 20 heavy (non-hydrogen) atoms. The second-order valence-corrected chi connectivity index (χ2v) is 5.59. The van der Waals surface area contributed by atoms with Gasteiger partial charge < -0.3 is 10.2 Å². The summed E-state index contributed by atoms with van der Waals surface area (Å²) in [6, 6.07) is 12.1. The molecule has 1 heterocycles. The molecule has 3 nitrogen and oxygen atoms in total. The third-order valence-electron chi connectivity index (χ3n) is 3.44. The van der Waals surface area contributed by atoms with Gasteiger partial charge in [-0.1, -0.05) is 34.1 Å². The summed E-state index contributed by atoms with van der Waals surface area (Å²) in [5.74, 6) is -0.540. The van der Waals surface area contributed by atoms with E-state index in [1.165, 1.54) is 6.07 Å². The highest BCUT2D eigenvalue weighted by atomic mass is 79.9. The minimum atomic E-state index is -0.509. The SMILES string of the molecule is CN1c2ccccc2C(=O)N[C@@H]1c1ccc(Br)cc1F. The zero-order chi connectivity index (χ0) is 14.3.